The van der Waals surface area contributed by atoms with Crippen molar-refractivity contribution in [3.05, 3.63) is 83.9 Å². The Bertz CT molecular complexity index is 958. The first-order chi connectivity index (χ1) is 15.0. The highest BCUT2D eigenvalue weighted by Gasteiger charge is 2.09. The van der Waals surface area contributed by atoms with Crippen molar-refractivity contribution >= 4 is 5.96 Å². The third kappa shape index (κ3) is 6.80. The number of nitrogens with zero attached hydrogens (tertiary/aromatic N) is 4. The van der Waals surface area contributed by atoms with Gasteiger partial charge in [-0.15, -0.1) is 0 Å². The normalized spacial score (nSPS) is 11.6. The summed E-state index contributed by atoms with van der Waals surface area (Å²) in [7, 11) is 3.66. The van der Waals surface area contributed by atoms with Crippen LogP contribution >= 0.6 is 0 Å². The molecule has 6 nitrogen and oxygen atoms in total. The topological polar surface area (TPSA) is 54.7 Å². The maximum atomic E-state index is 12.3. The molecule has 0 aliphatic heterocycles. The van der Waals surface area contributed by atoms with E-state index in [-0.39, 0.29) is 5.75 Å². The van der Waals surface area contributed by atoms with E-state index in [1.54, 1.807) is 19.2 Å². The summed E-state index contributed by atoms with van der Waals surface area (Å²) in [5.74, 6) is 1.90. The number of hydrogen-bond acceptors (Lipinski definition) is 3. The fraction of sp³-hybridized carbons (Fsp3) is 0.304. The van der Waals surface area contributed by atoms with E-state index in [9.17, 15) is 8.78 Å². The number of rotatable bonds is 9. The molecule has 31 heavy (non-hydrogen) atoms. The number of aromatic nitrogens is 2. The number of guanidine groups is 1. The number of alkyl halides is 2. The van der Waals surface area contributed by atoms with E-state index in [0.717, 1.165) is 30.3 Å². The highest BCUT2D eigenvalue weighted by atomic mass is 19.3. The monoisotopic (exact) mass is 427 g/mol. The molecule has 0 aliphatic rings. The van der Waals surface area contributed by atoms with Gasteiger partial charge in [0, 0.05) is 52.5 Å². The molecular formula is C23H27F2N5O. The molecule has 0 radical (unpaired) electrons. The Morgan fingerprint density at radius 3 is 2.55 bits per heavy atom. The Morgan fingerprint density at radius 1 is 1.13 bits per heavy atom. The smallest absolute Gasteiger partial charge is 0.387 e. The number of nitrogens with one attached hydrogen (secondary N) is 1. The summed E-state index contributed by atoms with van der Waals surface area (Å²) >= 11 is 0. The highest BCUT2D eigenvalue weighted by molar-refractivity contribution is 5.79. The van der Waals surface area contributed by atoms with E-state index < -0.39 is 6.61 Å². The van der Waals surface area contributed by atoms with Crippen LogP contribution in [0.3, 0.4) is 0 Å². The maximum absolute atomic E-state index is 12.3. The number of ether oxygens (including phenoxy) is 1. The SMILES string of the molecule is CN=C(NCCc1nccn1Cc1ccccc1)N(C)Cc1ccc(OC(F)F)cc1. The van der Waals surface area contributed by atoms with Crippen molar-refractivity contribution < 1.29 is 13.5 Å². The van der Waals surface area contributed by atoms with Crippen LogP contribution in [-0.2, 0) is 19.5 Å². The molecule has 0 amide bonds. The van der Waals surface area contributed by atoms with Gasteiger partial charge in [0.2, 0.25) is 0 Å². The average molecular weight is 427 g/mol. The van der Waals surface area contributed by atoms with Crippen LogP contribution in [0.5, 0.6) is 5.75 Å². The van der Waals surface area contributed by atoms with Gasteiger partial charge in [0.05, 0.1) is 0 Å². The van der Waals surface area contributed by atoms with Crippen LogP contribution in [0.15, 0.2) is 72.0 Å². The van der Waals surface area contributed by atoms with Gasteiger partial charge in [0.15, 0.2) is 5.96 Å². The molecule has 0 aliphatic carbocycles. The minimum atomic E-state index is -2.82. The molecule has 0 atom stereocenters. The van der Waals surface area contributed by atoms with E-state index in [1.807, 2.05) is 42.5 Å². The van der Waals surface area contributed by atoms with E-state index in [2.05, 4.69) is 36.7 Å². The van der Waals surface area contributed by atoms with Crippen LogP contribution in [0.2, 0.25) is 0 Å². The molecule has 0 fully saturated rings. The average Bonchev–Trinajstić information content (AvgIpc) is 3.19. The molecule has 0 bridgehead atoms. The summed E-state index contributed by atoms with van der Waals surface area (Å²) in [5, 5.41) is 3.36. The minimum absolute atomic E-state index is 0.148. The molecule has 0 saturated heterocycles. The first-order valence-electron chi connectivity index (χ1n) is 10.0. The van der Waals surface area contributed by atoms with Crippen LogP contribution in [-0.4, -0.2) is 47.7 Å². The van der Waals surface area contributed by atoms with E-state index in [0.29, 0.717) is 13.1 Å². The summed E-state index contributed by atoms with van der Waals surface area (Å²) in [6.45, 7) is -0.767. The molecule has 1 aromatic heterocycles. The van der Waals surface area contributed by atoms with Crippen molar-refractivity contribution in [1.29, 1.82) is 0 Å². The van der Waals surface area contributed by atoms with E-state index in [4.69, 9.17) is 0 Å². The lowest BCUT2D eigenvalue weighted by Gasteiger charge is -2.22. The van der Waals surface area contributed by atoms with Gasteiger partial charge in [0.25, 0.3) is 0 Å². The van der Waals surface area contributed by atoms with Gasteiger partial charge in [-0.1, -0.05) is 42.5 Å². The largest absolute Gasteiger partial charge is 0.435 e. The second-order valence-corrected chi connectivity index (χ2v) is 7.06. The summed E-state index contributed by atoms with van der Waals surface area (Å²) in [6.07, 6.45) is 4.57. The molecule has 0 unspecified atom stereocenters. The molecule has 164 valence electrons. The summed E-state index contributed by atoms with van der Waals surface area (Å²) in [4.78, 5) is 10.8. The van der Waals surface area contributed by atoms with Crippen molar-refractivity contribution in [2.45, 2.75) is 26.1 Å². The molecule has 1 heterocycles. The molecule has 1 N–H and O–H groups in total. The fourth-order valence-electron chi connectivity index (χ4n) is 3.29. The van der Waals surface area contributed by atoms with Crippen molar-refractivity contribution in [2.75, 3.05) is 20.6 Å². The highest BCUT2D eigenvalue weighted by Crippen LogP contribution is 2.15. The van der Waals surface area contributed by atoms with Gasteiger partial charge < -0.3 is 19.5 Å². The van der Waals surface area contributed by atoms with Crippen LogP contribution in [0.25, 0.3) is 0 Å². The Kier molecular flexibility index (Phi) is 7.98. The van der Waals surface area contributed by atoms with Crippen LogP contribution in [0, 0.1) is 0 Å². The predicted molar refractivity (Wildman–Crippen MR) is 117 cm³/mol. The Hall–Kier alpha value is -3.42. The first kappa shape index (κ1) is 22.3. The minimum Gasteiger partial charge on any atom is -0.435 e. The van der Waals surface area contributed by atoms with Gasteiger partial charge in [-0.3, -0.25) is 4.99 Å². The predicted octanol–water partition coefficient (Wildman–Crippen LogP) is 3.78. The number of hydrogen-bond donors (Lipinski definition) is 1. The van der Waals surface area contributed by atoms with Crippen molar-refractivity contribution in [1.82, 2.24) is 19.8 Å². The zero-order valence-electron chi connectivity index (χ0n) is 17.7. The molecule has 0 spiro atoms. The van der Waals surface area contributed by atoms with Gasteiger partial charge in [-0.25, -0.2) is 4.98 Å². The van der Waals surface area contributed by atoms with Gasteiger partial charge in [-0.05, 0) is 23.3 Å². The Labute approximate surface area is 181 Å². The van der Waals surface area contributed by atoms with Crippen molar-refractivity contribution in [3.63, 3.8) is 0 Å². The van der Waals surface area contributed by atoms with Gasteiger partial charge in [-0.2, -0.15) is 8.78 Å². The number of imidazole rings is 1. The lowest BCUT2D eigenvalue weighted by molar-refractivity contribution is -0.0498. The van der Waals surface area contributed by atoms with Crippen LogP contribution < -0.4 is 10.1 Å². The van der Waals surface area contributed by atoms with Crippen molar-refractivity contribution in [3.8, 4) is 5.75 Å². The third-order valence-corrected chi connectivity index (χ3v) is 4.77. The molecule has 8 heteroatoms. The third-order valence-electron chi connectivity index (χ3n) is 4.77. The summed E-state index contributed by atoms with van der Waals surface area (Å²) in [6, 6.07) is 16.9. The second kappa shape index (κ2) is 11.1. The van der Waals surface area contributed by atoms with Crippen LogP contribution in [0.4, 0.5) is 8.78 Å². The molecule has 0 saturated carbocycles. The second-order valence-electron chi connectivity index (χ2n) is 7.06. The van der Waals surface area contributed by atoms with Crippen molar-refractivity contribution in [2.24, 2.45) is 4.99 Å². The van der Waals surface area contributed by atoms with E-state index >= 15 is 0 Å². The Morgan fingerprint density at radius 2 is 1.87 bits per heavy atom. The molecule has 3 rings (SSSR count). The summed E-state index contributed by atoms with van der Waals surface area (Å²) < 4.78 is 31.1. The fourth-order valence-corrected chi connectivity index (χ4v) is 3.29. The number of aliphatic imine (C=N–C) groups is 1. The lowest BCUT2D eigenvalue weighted by Crippen LogP contribution is -2.39. The van der Waals surface area contributed by atoms with Gasteiger partial charge in [0.1, 0.15) is 11.6 Å². The Balaban J connectivity index is 1.50. The number of benzene rings is 2. The van der Waals surface area contributed by atoms with Crippen LogP contribution in [0.1, 0.15) is 17.0 Å². The standard InChI is InChI=1S/C23H27F2N5O/c1-26-23(29(2)16-19-8-10-20(11-9-19)31-22(24)25)28-13-12-21-27-14-15-30(21)17-18-6-4-3-5-7-18/h3-11,14-15,22H,12-13,16-17H2,1-2H3,(H,26,28). The molecular weight excluding hydrogens is 400 g/mol. The molecule has 2 aromatic carbocycles. The first-order valence-corrected chi connectivity index (χ1v) is 10.0. The van der Waals surface area contributed by atoms with Gasteiger partial charge >= 0.3 is 6.61 Å². The number of halogens is 2. The summed E-state index contributed by atoms with van der Waals surface area (Å²) in [5.41, 5.74) is 2.20. The zero-order valence-corrected chi connectivity index (χ0v) is 17.7. The maximum Gasteiger partial charge on any atom is 0.387 e. The van der Waals surface area contributed by atoms with E-state index in [1.165, 1.54) is 17.7 Å². The zero-order chi connectivity index (χ0) is 22.1. The lowest BCUT2D eigenvalue weighted by atomic mass is 10.2. The molecule has 3 aromatic rings. The quantitative estimate of drug-likeness (QED) is 0.417.